The fourth-order valence-corrected chi connectivity index (χ4v) is 3.51. The lowest BCUT2D eigenvalue weighted by molar-refractivity contribution is -0.0101. The van der Waals surface area contributed by atoms with Crippen LogP contribution in [0.4, 0.5) is 0 Å². The molecule has 1 aromatic carbocycles. The van der Waals surface area contributed by atoms with Gasteiger partial charge in [-0.15, -0.1) is 0 Å². The van der Waals surface area contributed by atoms with Gasteiger partial charge in [-0.2, -0.15) is 0 Å². The lowest BCUT2D eigenvalue weighted by Gasteiger charge is -2.45. The van der Waals surface area contributed by atoms with E-state index >= 15 is 0 Å². The first-order valence-electron chi connectivity index (χ1n) is 6.07. The Bertz CT molecular complexity index is 332. The highest BCUT2D eigenvalue weighted by molar-refractivity contribution is 5.22. The van der Waals surface area contributed by atoms with Crippen LogP contribution in [0.2, 0.25) is 0 Å². The topological polar surface area (TPSA) is 20.2 Å². The molecule has 3 fully saturated rings. The average molecular weight is 202 g/mol. The van der Waals surface area contributed by atoms with E-state index in [1.807, 2.05) is 0 Å². The highest BCUT2D eigenvalue weighted by Gasteiger charge is 2.41. The van der Waals surface area contributed by atoms with Crippen molar-refractivity contribution in [2.24, 2.45) is 11.8 Å². The summed E-state index contributed by atoms with van der Waals surface area (Å²) in [5.41, 5.74) is 1.49. The van der Waals surface area contributed by atoms with E-state index in [9.17, 15) is 5.11 Å². The summed E-state index contributed by atoms with van der Waals surface area (Å²) < 4.78 is 0. The Labute approximate surface area is 91.1 Å². The number of aliphatic hydroxyl groups is 1. The highest BCUT2D eigenvalue weighted by Crippen LogP contribution is 2.49. The van der Waals surface area contributed by atoms with E-state index in [-0.39, 0.29) is 6.10 Å². The summed E-state index contributed by atoms with van der Waals surface area (Å²) in [6.45, 7) is 0. The van der Waals surface area contributed by atoms with Gasteiger partial charge in [0.2, 0.25) is 0 Å². The highest BCUT2D eigenvalue weighted by atomic mass is 16.3. The van der Waals surface area contributed by atoms with Gasteiger partial charge in [-0.3, -0.25) is 0 Å². The first-order valence-corrected chi connectivity index (χ1v) is 6.07. The number of aliphatic hydroxyl groups excluding tert-OH is 1. The second kappa shape index (κ2) is 3.64. The second-order valence-corrected chi connectivity index (χ2v) is 5.15. The van der Waals surface area contributed by atoms with Gasteiger partial charge in [0, 0.05) is 0 Å². The smallest absolute Gasteiger partial charge is 0.0571 e. The van der Waals surface area contributed by atoms with Gasteiger partial charge in [-0.25, -0.2) is 0 Å². The SMILES string of the molecule is OC1CC2CCC1CC2c1ccccc1. The molecule has 15 heavy (non-hydrogen) atoms. The van der Waals surface area contributed by atoms with E-state index in [1.165, 1.54) is 24.8 Å². The monoisotopic (exact) mass is 202 g/mol. The van der Waals surface area contributed by atoms with Gasteiger partial charge in [0.1, 0.15) is 0 Å². The van der Waals surface area contributed by atoms with Crippen molar-refractivity contribution >= 4 is 0 Å². The molecule has 0 amide bonds. The lowest BCUT2D eigenvalue weighted by Crippen LogP contribution is -2.39. The molecule has 0 spiro atoms. The molecular weight excluding hydrogens is 184 g/mol. The fraction of sp³-hybridized carbons (Fsp3) is 0.571. The number of benzene rings is 1. The molecular formula is C14H18O. The summed E-state index contributed by atoms with van der Waals surface area (Å²) in [4.78, 5) is 0. The molecule has 80 valence electrons. The van der Waals surface area contributed by atoms with Crippen molar-refractivity contribution in [3.63, 3.8) is 0 Å². The summed E-state index contributed by atoms with van der Waals surface area (Å²) in [6, 6.07) is 10.8. The van der Waals surface area contributed by atoms with Crippen LogP contribution in [0.3, 0.4) is 0 Å². The molecule has 0 aromatic heterocycles. The van der Waals surface area contributed by atoms with Crippen molar-refractivity contribution in [1.29, 1.82) is 0 Å². The zero-order valence-corrected chi connectivity index (χ0v) is 8.97. The van der Waals surface area contributed by atoms with E-state index in [0.29, 0.717) is 11.8 Å². The molecule has 1 N–H and O–H groups in total. The minimum atomic E-state index is -0.0105. The Morgan fingerprint density at radius 1 is 0.933 bits per heavy atom. The third kappa shape index (κ3) is 1.59. The minimum absolute atomic E-state index is 0.0105. The Kier molecular flexibility index (Phi) is 2.28. The number of rotatable bonds is 1. The summed E-state index contributed by atoms with van der Waals surface area (Å²) in [5, 5.41) is 9.86. The van der Waals surface area contributed by atoms with E-state index < -0.39 is 0 Å². The van der Waals surface area contributed by atoms with E-state index in [2.05, 4.69) is 30.3 Å². The molecule has 3 saturated carbocycles. The van der Waals surface area contributed by atoms with Gasteiger partial charge >= 0.3 is 0 Å². The van der Waals surface area contributed by atoms with Crippen molar-refractivity contribution in [3.8, 4) is 0 Å². The molecule has 0 heterocycles. The summed E-state index contributed by atoms with van der Waals surface area (Å²) in [6.07, 6.45) is 4.79. The molecule has 1 nitrogen and oxygen atoms in total. The molecule has 2 bridgehead atoms. The molecule has 0 aliphatic heterocycles. The minimum Gasteiger partial charge on any atom is -0.393 e. The maximum atomic E-state index is 9.86. The van der Waals surface area contributed by atoms with Gasteiger partial charge in [-0.1, -0.05) is 30.3 Å². The van der Waals surface area contributed by atoms with Gasteiger partial charge in [0.25, 0.3) is 0 Å². The number of hydrogen-bond donors (Lipinski definition) is 1. The number of hydrogen-bond acceptors (Lipinski definition) is 1. The molecule has 3 aliphatic rings. The fourth-order valence-electron chi connectivity index (χ4n) is 3.51. The third-order valence-corrected chi connectivity index (χ3v) is 4.35. The molecule has 4 atom stereocenters. The Morgan fingerprint density at radius 3 is 2.27 bits per heavy atom. The van der Waals surface area contributed by atoms with Crippen molar-refractivity contribution in [2.75, 3.05) is 0 Å². The van der Waals surface area contributed by atoms with Gasteiger partial charge in [0.05, 0.1) is 6.10 Å². The first kappa shape index (κ1) is 9.41. The van der Waals surface area contributed by atoms with Crippen LogP contribution in [0, 0.1) is 11.8 Å². The quantitative estimate of drug-likeness (QED) is 0.742. The number of fused-ring (bicyclic) bond motifs is 3. The maximum absolute atomic E-state index is 9.86. The van der Waals surface area contributed by atoms with E-state index in [1.54, 1.807) is 0 Å². The standard InChI is InChI=1S/C14H18O/c15-14-9-11-6-7-12(14)8-13(11)10-4-2-1-3-5-10/h1-5,11-15H,6-9H2. The largest absolute Gasteiger partial charge is 0.393 e. The van der Waals surface area contributed by atoms with Crippen LogP contribution in [0.15, 0.2) is 30.3 Å². The predicted molar refractivity (Wildman–Crippen MR) is 60.6 cm³/mol. The van der Waals surface area contributed by atoms with Gasteiger partial charge in [-0.05, 0) is 49.0 Å². The van der Waals surface area contributed by atoms with Crippen molar-refractivity contribution in [1.82, 2.24) is 0 Å². The Balaban J connectivity index is 1.85. The van der Waals surface area contributed by atoms with Gasteiger partial charge < -0.3 is 5.11 Å². The molecule has 0 saturated heterocycles. The van der Waals surface area contributed by atoms with E-state index in [4.69, 9.17) is 0 Å². The van der Waals surface area contributed by atoms with E-state index in [0.717, 1.165) is 12.3 Å². The summed E-state index contributed by atoms with van der Waals surface area (Å²) >= 11 is 0. The zero-order valence-electron chi connectivity index (χ0n) is 8.97. The molecule has 0 radical (unpaired) electrons. The van der Waals surface area contributed by atoms with Crippen LogP contribution >= 0.6 is 0 Å². The van der Waals surface area contributed by atoms with Gasteiger partial charge in [0.15, 0.2) is 0 Å². The normalized spacial score (nSPS) is 39.3. The van der Waals surface area contributed by atoms with Crippen LogP contribution in [0.25, 0.3) is 0 Å². The molecule has 4 unspecified atom stereocenters. The van der Waals surface area contributed by atoms with Crippen molar-refractivity contribution < 1.29 is 5.11 Å². The Morgan fingerprint density at radius 2 is 1.67 bits per heavy atom. The second-order valence-electron chi connectivity index (χ2n) is 5.15. The maximum Gasteiger partial charge on any atom is 0.0571 e. The third-order valence-electron chi connectivity index (χ3n) is 4.35. The van der Waals surface area contributed by atoms with Crippen molar-refractivity contribution in [3.05, 3.63) is 35.9 Å². The predicted octanol–water partition coefficient (Wildman–Crippen LogP) is 2.95. The van der Waals surface area contributed by atoms with Crippen LogP contribution in [0.5, 0.6) is 0 Å². The van der Waals surface area contributed by atoms with Crippen LogP contribution in [0.1, 0.15) is 37.2 Å². The van der Waals surface area contributed by atoms with Crippen LogP contribution in [-0.2, 0) is 0 Å². The molecule has 4 rings (SSSR count). The van der Waals surface area contributed by atoms with Crippen molar-refractivity contribution in [2.45, 2.75) is 37.7 Å². The molecule has 3 aliphatic carbocycles. The summed E-state index contributed by atoms with van der Waals surface area (Å²) in [5.74, 6) is 2.01. The van der Waals surface area contributed by atoms with Crippen LogP contribution in [-0.4, -0.2) is 11.2 Å². The lowest BCUT2D eigenvalue weighted by atomic mass is 9.61. The molecule has 1 aromatic rings. The zero-order chi connectivity index (χ0) is 10.3. The summed E-state index contributed by atoms with van der Waals surface area (Å²) in [7, 11) is 0. The average Bonchev–Trinajstić information content (AvgIpc) is 2.31. The van der Waals surface area contributed by atoms with Crippen LogP contribution < -0.4 is 0 Å². The Hall–Kier alpha value is -0.820. The first-order chi connectivity index (χ1) is 7.34. The molecule has 1 heteroatoms.